The molecule has 0 amide bonds. The molecule has 0 bridgehead atoms. The fourth-order valence-corrected chi connectivity index (χ4v) is 1.83. The number of hydrogen-bond donors (Lipinski definition) is 0. The van der Waals surface area contributed by atoms with Gasteiger partial charge in [0.2, 0.25) is 0 Å². The molecule has 1 aromatic heterocycles. The molecule has 0 saturated carbocycles. The van der Waals surface area contributed by atoms with Gasteiger partial charge < -0.3 is 4.74 Å². The number of aromatic nitrogens is 1. The maximum Gasteiger partial charge on any atom is 0.168 e. The molecule has 3 heterocycles. The first-order chi connectivity index (χ1) is 6.84. The van der Waals surface area contributed by atoms with E-state index < -0.39 is 0 Å². The predicted molar refractivity (Wildman–Crippen MR) is 49.7 cm³/mol. The summed E-state index contributed by atoms with van der Waals surface area (Å²) in [5, 5.41) is 0. The highest BCUT2D eigenvalue weighted by molar-refractivity contribution is 5.86. The number of ether oxygens (including phenoxy) is 1. The van der Waals surface area contributed by atoms with Crippen LogP contribution in [0.3, 0.4) is 0 Å². The molecule has 1 aromatic rings. The lowest BCUT2D eigenvalue weighted by Crippen LogP contribution is -2.43. The molecule has 1 fully saturated rings. The Labute approximate surface area is 80.6 Å². The van der Waals surface area contributed by atoms with Gasteiger partial charge in [-0.1, -0.05) is 6.07 Å². The zero-order chi connectivity index (χ0) is 9.60. The number of carbonyl (C=O) groups is 1. The Morgan fingerprint density at radius 3 is 2.93 bits per heavy atom. The monoisotopic (exact) mass is 188 g/mol. The smallest absolute Gasteiger partial charge is 0.168 e. The van der Waals surface area contributed by atoms with E-state index in [9.17, 15) is 4.79 Å². The molecule has 3 rings (SSSR count). The van der Waals surface area contributed by atoms with E-state index in [0.29, 0.717) is 18.9 Å². The lowest BCUT2D eigenvalue weighted by atomic mass is 9.90. The number of rotatable bonds is 1. The molecule has 0 radical (unpaired) electrons. The van der Waals surface area contributed by atoms with E-state index in [2.05, 4.69) is 9.98 Å². The van der Waals surface area contributed by atoms with Crippen molar-refractivity contribution in [3.05, 3.63) is 29.1 Å². The van der Waals surface area contributed by atoms with E-state index in [-0.39, 0.29) is 5.54 Å². The van der Waals surface area contributed by atoms with Gasteiger partial charge in [-0.3, -0.25) is 9.79 Å². The third-order valence-electron chi connectivity index (χ3n) is 2.68. The third kappa shape index (κ3) is 0.834. The van der Waals surface area contributed by atoms with Crippen molar-refractivity contribution >= 4 is 12.5 Å². The molecule has 0 N–H and O–H groups in total. The Morgan fingerprint density at radius 2 is 2.29 bits per heavy atom. The SMILES string of the molecule is O=Cc1ccc2c(n1)C=NC21COC1. The number of aliphatic imine (C=N–C) groups is 1. The Morgan fingerprint density at radius 1 is 1.43 bits per heavy atom. The van der Waals surface area contributed by atoms with E-state index >= 15 is 0 Å². The Balaban J connectivity index is 2.13. The Bertz CT molecular complexity index is 436. The van der Waals surface area contributed by atoms with E-state index in [1.54, 1.807) is 12.3 Å². The van der Waals surface area contributed by atoms with Crippen LogP contribution in [-0.2, 0) is 10.3 Å². The molecule has 0 aliphatic carbocycles. The van der Waals surface area contributed by atoms with Crippen LogP contribution in [0.15, 0.2) is 17.1 Å². The first kappa shape index (κ1) is 7.82. The molecule has 2 aliphatic rings. The van der Waals surface area contributed by atoms with Crippen LogP contribution in [0.5, 0.6) is 0 Å². The average molecular weight is 188 g/mol. The highest BCUT2D eigenvalue weighted by Crippen LogP contribution is 2.38. The van der Waals surface area contributed by atoms with Gasteiger partial charge in [-0.05, 0) is 6.07 Å². The number of hydrogen-bond acceptors (Lipinski definition) is 4. The maximum atomic E-state index is 10.5. The largest absolute Gasteiger partial charge is 0.375 e. The van der Waals surface area contributed by atoms with E-state index in [4.69, 9.17) is 4.74 Å². The van der Waals surface area contributed by atoms with Gasteiger partial charge >= 0.3 is 0 Å². The summed E-state index contributed by atoms with van der Waals surface area (Å²) in [7, 11) is 0. The van der Waals surface area contributed by atoms with Crippen LogP contribution in [0.25, 0.3) is 0 Å². The minimum absolute atomic E-state index is 0.191. The molecule has 1 saturated heterocycles. The second-order valence-electron chi connectivity index (χ2n) is 3.57. The molecule has 0 aromatic carbocycles. The lowest BCUT2D eigenvalue weighted by Gasteiger charge is -2.35. The van der Waals surface area contributed by atoms with Crippen LogP contribution in [-0.4, -0.2) is 30.7 Å². The van der Waals surface area contributed by atoms with Gasteiger partial charge in [-0.2, -0.15) is 0 Å². The first-order valence-electron chi connectivity index (χ1n) is 4.44. The van der Waals surface area contributed by atoms with E-state index in [0.717, 1.165) is 17.5 Å². The molecule has 1 spiro atoms. The molecular weight excluding hydrogens is 180 g/mol. The van der Waals surface area contributed by atoms with E-state index in [1.165, 1.54) is 0 Å². The molecular formula is C10H8N2O2. The fraction of sp³-hybridized carbons (Fsp3) is 0.300. The van der Waals surface area contributed by atoms with Crippen LogP contribution in [0, 0.1) is 0 Å². The number of carbonyl (C=O) groups excluding carboxylic acids is 1. The van der Waals surface area contributed by atoms with Gasteiger partial charge in [0.1, 0.15) is 11.2 Å². The summed E-state index contributed by atoms with van der Waals surface area (Å²) in [6.07, 6.45) is 2.47. The Kier molecular flexibility index (Phi) is 1.39. The summed E-state index contributed by atoms with van der Waals surface area (Å²) in [5.41, 5.74) is 2.14. The first-order valence-corrected chi connectivity index (χ1v) is 4.44. The number of aldehydes is 1. The molecule has 4 heteroatoms. The maximum absolute atomic E-state index is 10.5. The van der Waals surface area contributed by atoms with Crippen LogP contribution >= 0.6 is 0 Å². The van der Waals surface area contributed by atoms with Crippen molar-refractivity contribution in [3.63, 3.8) is 0 Å². The van der Waals surface area contributed by atoms with Crippen molar-refractivity contribution in [2.24, 2.45) is 4.99 Å². The topological polar surface area (TPSA) is 51.5 Å². The lowest BCUT2D eigenvalue weighted by molar-refractivity contribution is -0.0535. The van der Waals surface area contributed by atoms with Crippen molar-refractivity contribution < 1.29 is 9.53 Å². The fourth-order valence-electron chi connectivity index (χ4n) is 1.83. The molecule has 4 nitrogen and oxygen atoms in total. The number of pyridine rings is 1. The minimum atomic E-state index is -0.191. The number of fused-ring (bicyclic) bond motifs is 2. The summed E-state index contributed by atoms with van der Waals surface area (Å²) in [6, 6.07) is 3.64. The quantitative estimate of drug-likeness (QED) is 0.605. The zero-order valence-electron chi connectivity index (χ0n) is 7.43. The highest BCUT2D eigenvalue weighted by Gasteiger charge is 2.44. The van der Waals surface area contributed by atoms with Gasteiger partial charge in [-0.25, -0.2) is 4.98 Å². The van der Waals surface area contributed by atoms with Crippen LogP contribution in [0.4, 0.5) is 0 Å². The van der Waals surface area contributed by atoms with Crippen molar-refractivity contribution in [1.82, 2.24) is 4.98 Å². The molecule has 2 aliphatic heterocycles. The van der Waals surface area contributed by atoms with Crippen LogP contribution < -0.4 is 0 Å². The van der Waals surface area contributed by atoms with Crippen LogP contribution in [0.2, 0.25) is 0 Å². The third-order valence-corrected chi connectivity index (χ3v) is 2.68. The standard InChI is InChI=1S/C10H8N2O2/c13-4-7-1-2-8-9(12-7)3-11-10(8)5-14-6-10/h1-4H,5-6H2. The van der Waals surface area contributed by atoms with Crippen molar-refractivity contribution in [1.29, 1.82) is 0 Å². The summed E-state index contributed by atoms with van der Waals surface area (Å²) in [5.74, 6) is 0. The van der Waals surface area contributed by atoms with Gasteiger partial charge in [0.25, 0.3) is 0 Å². The highest BCUT2D eigenvalue weighted by atomic mass is 16.5. The molecule has 70 valence electrons. The van der Waals surface area contributed by atoms with Gasteiger partial charge in [-0.15, -0.1) is 0 Å². The normalized spacial score (nSPS) is 20.6. The summed E-state index contributed by atoms with van der Waals surface area (Å²) >= 11 is 0. The average Bonchev–Trinajstić information content (AvgIpc) is 2.55. The second-order valence-corrected chi connectivity index (χ2v) is 3.57. The molecule has 0 atom stereocenters. The predicted octanol–water partition coefficient (Wildman–Crippen LogP) is 0.552. The second kappa shape index (κ2) is 2.48. The van der Waals surface area contributed by atoms with Gasteiger partial charge in [0, 0.05) is 11.8 Å². The zero-order valence-corrected chi connectivity index (χ0v) is 7.43. The van der Waals surface area contributed by atoms with Gasteiger partial charge in [0.05, 0.1) is 18.9 Å². The van der Waals surface area contributed by atoms with E-state index in [1.807, 2.05) is 6.07 Å². The molecule has 14 heavy (non-hydrogen) atoms. The summed E-state index contributed by atoms with van der Waals surface area (Å²) in [4.78, 5) is 19.1. The Hall–Kier alpha value is -1.55. The number of nitrogens with zero attached hydrogens (tertiary/aromatic N) is 2. The van der Waals surface area contributed by atoms with Crippen LogP contribution in [0.1, 0.15) is 21.7 Å². The van der Waals surface area contributed by atoms with Gasteiger partial charge in [0.15, 0.2) is 6.29 Å². The van der Waals surface area contributed by atoms with Crippen molar-refractivity contribution in [2.75, 3.05) is 13.2 Å². The minimum Gasteiger partial charge on any atom is -0.375 e. The molecule has 0 unspecified atom stereocenters. The van der Waals surface area contributed by atoms with Crippen molar-refractivity contribution in [2.45, 2.75) is 5.54 Å². The summed E-state index contributed by atoms with van der Waals surface area (Å²) < 4.78 is 5.16. The van der Waals surface area contributed by atoms with Crippen molar-refractivity contribution in [3.8, 4) is 0 Å². The summed E-state index contributed by atoms with van der Waals surface area (Å²) in [6.45, 7) is 1.25.